The number of rotatable bonds is 4. The molecule has 0 unspecified atom stereocenters. The van der Waals surface area contributed by atoms with E-state index in [1.54, 1.807) is 6.20 Å². The summed E-state index contributed by atoms with van der Waals surface area (Å²) in [5.41, 5.74) is 1.01. The molecule has 2 fully saturated rings. The van der Waals surface area contributed by atoms with Crippen molar-refractivity contribution in [2.24, 2.45) is 5.92 Å². The molecule has 2 atom stereocenters. The summed E-state index contributed by atoms with van der Waals surface area (Å²) in [6.07, 6.45) is 4.07. The Hall–Kier alpha value is -1.49. The second-order valence-electron chi connectivity index (χ2n) is 6.68. The minimum absolute atomic E-state index is 0.139. The van der Waals surface area contributed by atoms with E-state index in [9.17, 15) is 4.79 Å². The fourth-order valence-electron chi connectivity index (χ4n) is 2.94. The predicted molar refractivity (Wildman–Crippen MR) is 81.1 cm³/mol. The van der Waals surface area contributed by atoms with Gasteiger partial charge in [-0.15, -0.1) is 0 Å². The number of amides is 1. The van der Waals surface area contributed by atoms with E-state index in [2.05, 4.69) is 41.0 Å². The van der Waals surface area contributed by atoms with Crippen molar-refractivity contribution in [3.05, 3.63) is 23.8 Å². The molecule has 1 aromatic rings. The molecule has 1 aliphatic carbocycles. The molecule has 0 bridgehead atoms. The van der Waals surface area contributed by atoms with Crippen LogP contribution in [0.5, 0.6) is 0 Å². The third-order valence-electron chi connectivity index (χ3n) is 4.56. The Bertz CT molecular complexity index is 527. The topological polar surface area (TPSA) is 58.1 Å². The number of hydrogen-bond acceptors (Lipinski definition) is 4. The molecular formula is C16H24N4O. The highest BCUT2D eigenvalue weighted by molar-refractivity contribution is 5.90. The summed E-state index contributed by atoms with van der Waals surface area (Å²) in [5, 5.41) is 3.11. The van der Waals surface area contributed by atoms with Gasteiger partial charge in [-0.25, -0.2) is 9.97 Å². The van der Waals surface area contributed by atoms with Crippen molar-refractivity contribution < 1.29 is 4.79 Å². The molecule has 0 spiro atoms. The van der Waals surface area contributed by atoms with Crippen LogP contribution < -0.4 is 5.32 Å². The number of likely N-dealkylation sites (tertiary alicyclic amines) is 1. The lowest BCUT2D eigenvalue weighted by Gasteiger charge is -2.20. The monoisotopic (exact) mass is 288 g/mol. The van der Waals surface area contributed by atoms with Crippen molar-refractivity contribution in [1.29, 1.82) is 0 Å². The van der Waals surface area contributed by atoms with E-state index >= 15 is 0 Å². The van der Waals surface area contributed by atoms with E-state index in [1.807, 2.05) is 6.07 Å². The molecule has 5 heteroatoms. The van der Waals surface area contributed by atoms with Gasteiger partial charge in [0, 0.05) is 43.0 Å². The van der Waals surface area contributed by atoms with Crippen LogP contribution in [-0.4, -0.2) is 45.9 Å². The molecule has 2 aliphatic rings. The van der Waals surface area contributed by atoms with Gasteiger partial charge in [-0.2, -0.15) is 0 Å². The molecule has 3 rings (SSSR count). The standard InChI is InChI=1S/C16H24N4O/c1-10(2)20-8-11(3)14(9-20)19-16(21)15-17-7-6-13(18-15)12-4-5-12/h6-7,10-12,14H,4-5,8-9H2,1-3H3,(H,19,21)/t11-,14+/m0/s1. The van der Waals surface area contributed by atoms with Crippen LogP contribution in [0.15, 0.2) is 12.3 Å². The minimum atomic E-state index is -0.139. The molecule has 0 radical (unpaired) electrons. The van der Waals surface area contributed by atoms with Crippen LogP contribution in [0.25, 0.3) is 0 Å². The Morgan fingerprint density at radius 3 is 2.76 bits per heavy atom. The second-order valence-corrected chi connectivity index (χ2v) is 6.68. The average Bonchev–Trinajstić information content (AvgIpc) is 3.24. The SMILES string of the molecule is CC(C)N1C[C@H](C)[C@H](NC(=O)c2nccc(C3CC3)n2)C1. The van der Waals surface area contributed by atoms with E-state index in [0.717, 1.165) is 18.8 Å². The molecule has 1 aliphatic heterocycles. The van der Waals surface area contributed by atoms with Crippen LogP contribution in [0, 0.1) is 5.92 Å². The van der Waals surface area contributed by atoms with Crippen LogP contribution in [0.1, 0.15) is 55.8 Å². The first-order valence-corrected chi connectivity index (χ1v) is 7.92. The lowest BCUT2D eigenvalue weighted by molar-refractivity contribution is 0.0919. The van der Waals surface area contributed by atoms with E-state index < -0.39 is 0 Å². The van der Waals surface area contributed by atoms with Crippen molar-refractivity contribution in [1.82, 2.24) is 20.2 Å². The molecule has 0 aromatic carbocycles. The van der Waals surface area contributed by atoms with Crippen LogP contribution in [-0.2, 0) is 0 Å². The van der Waals surface area contributed by atoms with Crippen molar-refractivity contribution in [2.75, 3.05) is 13.1 Å². The summed E-state index contributed by atoms with van der Waals surface area (Å²) in [6, 6.07) is 2.63. The zero-order valence-electron chi connectivity index (χ0n) is 13.0. The van der Waals surface area contributed by atoms with Crippen molar-refractivity contribution >= 4 is 5.91 Å². The van der Waals surface area contributed by atoms with Gasteiger partial charge in [-0.3, -0.25) is 9.69 Å². The van der Waals surface area contributed by atoms with Gasteiger partial charge in [0.05, 0.1) is 0 Å². The van der Waals surface area contributed by atoms with Crippen LogP contribution in [0.2, 0.25) is 0 Å². The van der Waals surface area contributed by atoms with Gasteiger partial charge in [0.25, 0.3) is 5.91 Å². The van der Waals surface area contributed by atoms with E-state index in [1.165, 1.54) is 12.8 Å². The molecule has 2 heterocycles. The third kappa shape index (κ3) is 3.23. The van der Waals surface area contributed by atoms with Gasteiger partial charge in [-0.05, 0) is 38.7 Å². The molecule has 1 amide bonds. The summed E-state index contributed by atoms with van der Waals surface area (Å²) in [7, 11) is 0. The van der Waals surface area contributed by atoms with Gasteiger partial charge in [-0.1, -0.05) is 6.92 Å². The quantitative estimate of drug-likeness (QED) is 0.918. The number of carbonyl (C=O) groups excluding carboxylic acids is 1. The molecule has 21 heavy (non-hydrogen) atoms. The highest BCUT2D eigenvalue weighted by Crippen LogP contribution is 2.38. The maximum absolute atomic E-state index is 12.4. The van der Waals surface area contributed by atoms with Crippen molar-refractivity contribution in [2.45, 2.75) is 51.6 Å². The van der Waals surface area contributed by atoms with Crippen LogP contribution in [0.3, 0.4) is 0 Å². The fourth-order valence-corrected chi connectivity index (χ4v) is 2.94. The van der Waals surface area contributed by atoms with Gasteiger partial charge in [0.2, 0.25) is 5.82 Å². The Kier molecular flexibility index (Phi) is 3.93. The van der Waals surface area contributed by atoms with Gasteiger partial charge in [0.1, 0.15) is 0 Å². The smallest absolute Gasteiger partial charge is 0.289 e. The Labute approximate surface area is 126 Å². The average molecular weight is 288 g/mol. The first kappa shape index (κ1) is 14.4. The maximum Gasteiger partial charge on any atom is 0.289 e. The van der Waals surface area contributed by atoms with E-state index in [-0.39, 0.29) is 11.9 Å². The van der Waals surface area contributed by atoms with Crippen molar-refractivity contribution in [3.63, 3.8) is 0 Å². The zero-order valence-corrected chi connectivity index (χ0v) is 13.0. The lowest BCUT2D eigenvalue weighted by Crippen LogP contribution is -2.41. The number of nitrogens with zero attached hydrogens (tertiary/aromatic N) is 3. The Morgan fingerprint density at radius 2 is 2.14 bits per heavy atom. The van der Waals surface area contributed by atoms with E-state index in [4.69, 9.17) is 0 Å². The number of carbonyl (C=O) groups is 1. The molecule has 5 nitrogen and oxygen atoms in total. The molecular weight excluding hydrogens is 264 g/mol. The fraction of sp³-hybridized carbons (Fsp3) is 0.688. The minimum Gasteiger partial charge on any atom is -0.345 e. The zero-order chi connectivity index (χ0) is 15.0. The summed E-state index contributed by atoms with van der Waals surface area (Å²) in [5.74, 6) is 1.18. The van der Waals surface area contributed by atoms with Gasteiger partial charge >= 0.3 is 0 Å². The summed E-state index contributed by atoms with van der Waals surface area (Å²) in [6.45, 7) is 8.52. The first-order valence-electron chi connectivity index (χ1n) is 7.92. The summed E-state index contributed by atoms with van der Waals surface area (Å²) < 4.78 is 0. The van der Waals surface area contributed by atoms with Gasteiger partial charge in [0.15, 0.2) is 0 Å². The molecule has 1 saturated heterocycles. The molecule has 114 valence electrons. The highest BCUT2D eigenvalue weighted by atomic mass is 16.2. The number of nitrogens with one attached hydrogen (secondary N) is 1. The normalized spacial score (nSPS) is 26.3. The maximum atomic E-state index is 12.4. The number of aromatic nitrogens is 2. The largest absolute Gasteiger partial charge is 0.345 e. The van der Waals surface area contributed by atoms with Gasteiger partial charge < -0.3 is 5.32 Å². The Morgan fingerprint density at radius 1 is 1.38 bits per heavy atom. The summed E-state index contributed by atoms with van der Waals surface area (Å²) in [4.78, 5) is 23.3. The highest BCUT2D eigenvalue weighted by Gasteiger charge is 2.32. The molecule has 1 saturated carbocycles. The lowest BCUT2D eigenvalue weighted by atomic mass is 10.1. The van der Waals surface area contributed by atoms with E-state index in [0.29, 0.717) is 23.7 Å². The predicted octanol–water partition coefficient (Wildman–Crippen LogP) is 1.81. The molecule has 1 aromatic heterocycles. The van der Waals surface area contributed by atoms with Crippen molar-refractivity contribution in [3.8, 4) is 0 Å². The third-order valence-corrected chi connectivity index (χ3v) is 4.56. The molecule has 1 N–H and O–H groups in total. The Balaban J connectivity index is 1.64. The first-order chi connectivity index (χ1) is 10.0. The van der Waals surface area contributed by atoms with Crippen LogP contribution in [0.4, 0.5) is 0 Å². The number of hydrogen-bond donors (Lipinski definition) is 1. The second kappa shape index (κ2) is 5.72. The summed E-state index contributed by atoms with van der Waals surface area (Å²) >= 11 is 0. The van der Waals surface area contributed by atoms with Crippen LogP contribution >= 0.6 is 0 Å².